The lowest BCUT2D eigenvalue weighted by Gasteiger charge is -2.10. The first kappa shape index (κ1) is 15.4. The largest absolute Gasteiger partial charge is 0.396 e. The number of hydrogen-bond donors (Lipinski definition) is 2. The number of halogens is 1. The van der Waals surface area contributed by atoms with Crippen LogP contribution in [0.2, 0.25) is 0 Å². The van der Waals surface area contributed by atoms with E-state index in [1.165, 1.54) is 12.1 Å². The summed E-state index contributed by atoms with van der Waals surface area (Å²) in [7, 11) is -3.15. The van der Waals surface area contributed by atoms with Crippen molar-refractivity contribution in [2.45, 2.75) is 17.4 Å². The molecule has 1 aromatic carbocycles. The molecule has 0 aromatic heterocycles. The molecule has 0 heterocycles. The van der Waals surface area contributed by atoms with E-state index in [0.29, 0.717) is 6.42 Å². The van der Waals surface area contributed by atoms with Gasteiger partial charge in [-0.2, -0.15) is 0 Å². The second kappa shape index (κ2) is 6.20. The number of hydrogen-bond acceptors (Lipinski definition) is 4. The zero-order valence-corrected chi connectivity index (χ0v) is 10.6. The number of aliphatic hydroxyl groups excluding tert-OH is 1. The van der Waals surface area contributed by atoms with Gasteiger partial charge in [-0.25, -0.2) is 8.42 Å². The maximum Gasteiger partial charge on any atom is 0.175 e. The van der Waals surface area contributed by atoms with E-state index in [1.54, 1.807) is 12.1 Å². The number of aliphatic hydroxyl groups is 1. The van der Waals surface area contributed by atoms with Gasteiger partial charge in [0.25, 0.3) is 0 Å². The summed E-state index contributed by atoms with van der Waals surface area (Å²) in [6.45, 7) is 0.0228. The highest BCUT2D eigenvalue weighted by molar-refractivity contribution is 7.90. The van der Waals surface area contributed by atoms with Gasteiger partial charge >= 0.3 is 0 Å². The van der Waals surface area contributed by atoms with E-state index >= 15 is 0 Å². The molecule has 0 fully saturated rings. The van der Waals surface area contributed by atoms with Gasteiger partial charge in [-0.05, 0) is 24.1 Å². The van der Waals surface area contributed by atoms with Crippen molar-refractivity contribution >= 4 is 22.2 Å². The van der Waals surface area contributed by atoms with Crippen molar-refractivity contribution in [2.75, 3.05) is 12.9 Å². The summed E-state index contributed by atoms with van der Waals surface area (Å²) in [4.78, 5) is 0.280. The Labute approximate surface area is 102 Å². The number of nitrogens with two attached hydrogens (primary N) is 1. The third-order valence-corrected chi connectivity index (χ3v) is 3.30. The van der Waals surface area contributed by atoms with Gasteiger partial charge in [0.05, 0.1) is 4.90 Å². The minimum Gasteiger partial charge on any atom is -0.396 e. The molecule has 92 valence electrons. The Hall–Kier alpha value is -0.620. The molecule has 1 rings (SSSR count). The summed E-state index contributed by atoms with van der Waals surface area (Å²) in [6, 6.07) is 6.17. The monoisotopic (exact) mass is 265 g/mol. The van der Waals surface area contributed by atoms with E-state index in [9.17, 15) is 8.42 Å². The molecule has 0 bridgehead atoms. The first-order chi connectivity index (χ1) is 6.95. The standard InChI is InChI=1S/C10H15NO3S.ClH/c1-15(13,14)9-4-2-8(3-5-9)10(11)6-7-12;/h2-5,10,12H,6-7,11H2,1H3;1H/t10-;/m0./s1. The fourth-order valence-corrected chi connectivity index (χ4v) is 1.90. The molecule has 0 aliphatic heterocycles. The molecule has 6 heteroatoms. The van der Waals surface area contributed by atoms with Crippen LogP contribution in [0.4, 0.5) is 0 Å². The van der Waals surface area contributed by atoms with Crippen molar-refractivity contribution < 1.29 is 13.5 Å². The summed E-state index contributed by atoms with van der Waals surface area (Å²) >= 11 is 0. The van der Waals surface area contributed by atoms with Crippen molar-refractivity contribution in [2.24, 2.45) is 5.73 Å². The van der Waals surface area contributed by atoms with Gasteiger partial charge in [0.2, 0.25) is 0 Å². The van der Waals surface area contributed by atoms with Gasteiger partial charge in [0.1, 0.15) is 0 Å². The molecule has 0 unspecified atom stereocenters. The Kier molecular flexibility index (Phi) is 5.96. The van der Waals surface area contributed by atoms with Crippen LogP contribution in [0.15, 0.2) is 29.2 Å². The second-order valence-corrected chi connectivity index (χ2v) is 5.48. The quantitative estimate of drug-likeness (QED) is 0.847. The van der Waals surface area contributed by atoms with Crippen LogP contribution in [-0.2, 0) is 9.84 Å². The zero-order valence-electron chi connectivity index (χ0n) is 8.96. The molecule has 0 saturated carbocycles. The summed E-state index contributed by atoms with van der Waals surface area (Å²) in [5, 5.41) is 8.71. The van der Waals surface area contributed by atoms with Crippen LogP contribution in [0, 0.1) is 0 Å². The van der Waals surface area contributed by atoms with Gasteiger partial charge in [0, 0.05) is 18.9 Å². The van der Waals surface area contributed by atoms with E-state index in [-0.39, 0.29) is 30.0 Å². The van der Waals surface area contributed by atoms with Gasteiger partial charge in [0.15, 0.2) is 9.84 Å². The van der Waals surface area contributed by atoms with Crippen LogP contribution in [0.5, 0.6) is 0 Å². The predicted octanol–water partition coefficient (Wildman–Crippen LogP) is 0.894. The molecule has 16 heavy (non-hydrogen) atoms. The van der Waals surface area contributed by atoms with Crippen LogP contribution in [0.3, 0.4) is 0 Å². The molecule has 0 saturated heterocycles. The molecule has 1 atom stereocenters. The lowest BCUT2D eigenvalue weighted by molar-refractivity contribution is 0.276. The minimum atomic E-state index is -3.15. The molecule has 0 aliphatic rings. The van der Waals surface area contributed by atoms with Crippen molar-refractivity contribution in [3.8, 4) is 0 Å². The second-order valence-electron chi connectivity index (χ2n) is 3.46. The Bertz CT molecular complexity index is 416. The van der Waals surface area contributed by atoms with E-state index in [4.69, 9.17) is 10.8 Å². The molecule has 0 amide bonds. The highest BCUT2D eigenvalue weighted by atomic mass is 35.5. The fourth-order valence-electron chi connectivity index (χ4n) is 1.27. The van der Waals surface area contributed by atoms with Crippen LogP contribution in [0.25, 0.3) is 0 Å². The summed E-state index contributed by atoms with van der Waals surface area (Å²) in [5.74, 6) is 0. The topological polar surface area (TPSA) is 80.4 Å². The first-order valence-electron chi connectivity index (χ1n) is 4.61. The Morgan fingerprint density at radius 2 is 1.81 bits per heavy atom. The maximum absolute atomic E-state index is 11.2. The van der Waals surface area contributed by atoms with Gasteiger partial charge in [-0.3, -0.25) is 0 Å². The molecular weight excluding hydrogens is 250 g/mol. The molecule has 3 N–H and O–H groups in total. The van der Waals surface area contributed by atoms with E-state index in [2.05, 4.69) is 0 Å². The van der Waals surface area contributed by atoms with Gasteiger partial charge in [-0.1, -0.05) is 12.1 Å². The number of sulfone groups is 1. The zero-order chi connectivity index (χ0) is 11.5. The van der Waals surface area contributed by atoms with Gasteiger partial charge in [-0.15, -0.1) is 12.4 Å². The molecule has 4 nitrogen and oxygen atoms in total. The lowest BCUT2D eigenvalue weighted by Crippen LogP contribution is -2.12. The predicted molar refractivity (Wildman–Crippen MR) is 65.4 cm³/mol. The smallest absolute Gasteiger partial charge is 0.175 e. The van der Waals surface area contributed by atoms with Crippen molar-refractivity contribution in [3.63, 3.8) is 0 Å². The average Bonchev–Trinajstić information content (AvgIpc) is 2.17. The molecule has 0 aliphatic carbocycles. The third kappa shape index (κ3) is 4.09. The van der Waals surface area contributed by atoms with E-state index in [1.807, 2.05) is 0 Å². The van der Waals surface area contributed by atoms with Crippen LogP contribution >= 0.6 is 12.4 Å². The van der Waals surface area contributed by atoms with Crippen molar-refractivity contribution in [3.05, 3.63) is 29.8 Å². The fraction of sp³-hybridized carbons (Fsp3) is 0.400. The molecule has 0 radical (unpaired) electrons. The number of benzene rings is 1. The average molecular weight is 266 g/mol. The molecule has 0 spiro atoms. The highest BCUT2D eigenvalue weighted by Gasteiger charge is 2.09. The van der Waals surface area contributed by atoms with E-state index < -0.39 is 9.84 Å². The molecule has 1 aromatic rings. The summed E-state index contributed by atoms with van der Waals surface area (Å²) in [5.41, 5.74) is 6.59. The Morgan fingerprint density at radius 1 is 1.31 bits per heavy atom. The van der Waals surface area contributed by atoms with Gasteiger partial charge < -0.3 is 10.8 Å². The lowest BCUT2D eigenvalue weighted by atomic mass is 10.1. The first-order valence-corrected chi connectivity index (χ1v) is 6.50. The maximum atomic E-state index is 11.2. The van der Waals surface area contributed by atoms with Crippen LogP contribution in [0.1, 0.15) is 18.0 Å². The van der Waals surface area contributed by atoms with Crippen LogP contribution in [-0.4, -0.2) is 26.4 Å². The number of rotatable bonds is 4. The van der Waals surface area contributed by atoms with E-state index in [0.717, 1.165) is 11.8 Å². The summed E-state index contributed by atoms with van der Waals surface area (Å²) in [6.07, 6.45) is 1.63. The van der Waals surface area contributed by atoms with Crippen LogP contribution < -0.4 is 5.73 Å². The summed E-state index contributed by atoms with van der Waals surface area (Å²) < 4.78 is 22.3. The minimum absolute atomic E-state index is 0. The molecular formula is C10H16ClNO3S. The normalized spacial score (nSPS) is 12.9. The van der Waals surface area contributed by atoms with Crippen molar-refractivity contribution in [1.29, 1.82) is 0 Å². The highest BCUT2D eigenvalue weighted by Crippen LogP contribution is 2.16. The Morgan fingerprint density at radius 3 is 2.19 bits per heavy atom. The Balaban J connectivity index is 0.00000225. The third-order valence-electron chi connectivity index (χ3n) is 2.18. The SMILES string of the molecule is CS(=O)(=O)c1ccc([C@@H](N)CCO)cc1.Cl. The van der Waals surface area contributed by atoms with Crippen molar-refractivity contribution in [1.82, 2.24) is 0 Å².